The smallest absolute Gasteiger partial charge is 0.349 e. The second kappa shape index (κ2) is 6.52. The zero-order valence-electron chi connectivity index (χ0n) is 10.9. The van der Waals surface area contributed by atoms with E-state index in [9.17, 15) is 18.0 Å². The van der Waals surface area contributed by atoms with Crippen LogP contribution in [-0.4, -0.2) is 17.5 Å². The van der Waals surface area contributed by atoms with Crippen LogP contribution in [0, 0.1) is 0 Å². The first-order valence-corrected chi connectivity index (χ1v) is 7.42. The molecule has 1 aliphatic rings. The van der Waals surface area contributed by atoms with Crippen molar-refractivity contribution >= 4 is 17.7 Å². The van der Waals surface area contributed by atoms with Crippen LogP contribution < -0.4 is 5.32 Å². The highest BCUT2D eigenvalue weighted by atomic mass is 32.2. The molecule has 1 fully saturated rings. The third kappa shape index (κ3) is 4.74. The Morgan fingerprint density at radius 2 is 1.70 bits per heavy atom. The molecule has 0 saturated heterocycles. The molecule has 1 N–H and O–H groups in total. The number of thioether (sulfide) groups is 1. The average Bonchev–Trinajstić information content (AvgIpc) is 2.39. The second-order valence-corrected chi connectivity index (χ2v) is 6.02. The van der Waals surface area contributed by atoms with Crippen LogP contribution >= 0.6 is 11.8 Å². The Hall–Kier alpha value is -1.17. The van der Waals surface area contributed by atoms with Gasteiger partial charge in [-0.15, -0.1) is 0 Å². The van der Waals surface area contributed by atoms with E-state index in [1.54, 1.807) is 0 Å². The van der Waals surface area contributed by atoms with Gasteiger partial charge in [0.05, 0.1) is 0 Å². The summed E-state index contributed by atoms with van der Waals surface area (Å²) in [6.45, 7) is 0. The van der Waals surface area contributed by atoms with E-state index in [-0.39, 0.29) is 28.6 Å². The normalized spacial score (nSPS) is 16.9. The molecular formula is C14H16F3NOS. The molecule has 0 aromatic heterocycles. The fourth-order valence-electron chi connectivity index (χ4n) is 2.32. The van der Waals surface area contributed by atoms with Crippen molar-refractivity contribution in [2.75, 3.05) is 0 Å². The number of carbonyl (C=O) groups is 1. The standard InChI is InChI=1S/C14H16F3NOS/c15-14(16,17)20-12-8-6-10(7-9-12)13(19)18-11-4-2-1-3-5-11/h6-9,11H,1-5H2,(H,18,19). The van der Waals surface area contributed by atoms with Gasteiger partial charge in [-0.25, -0.2) is 0 Å². The van der Waals surface area contributed by atoms with Crippen LogP contribution in [0.2, 0.25) is 0 Å². The molecule has 1 aromatic carbocycles. The summed E-state index contributed by atoms with van der Waals surface area (Å²) >= 11 is -0.175. The molecule has 1 saturated carbocycles. The van der Waals surface area contributed by atoms with E-state index in [0.717, 1.165) is 25.7 Å². The molecule has 2 rings (SSSR count). The van der Waals surface area contributed by atoms with Crippen LogP contribution in [0.4, 0.5) is 13.2 Å². The molecule has 1 aromatic rings. The van der Waals surface area contributed by atoms with Gasteiger partial charge in [-0.1, -0.05) is 19.3 Å². The molecule has 110 valence electrons. The lowest BCUT2D eigenvalue weighted by atomic mass is 9.95. The number of nitrogens with one attached hydrogen (secondary N) is 1. The molecule has 0 unspecified atom stereocenters. The van der Waals surface area contributed by atoms with Crippen molar-refractivity contribution in [2.24, 2.45) is 0 Å². The molecule has 1 aliphatic carbocycles. The third-order valence-corrected chi connectivity index (χ3v) is 4.03. The highest BCUT2D eigenvalue weighted by Crippen LogP contribution is 2.36. The summed E-state index contributed by atoms with van der Waals surface area (Å²) in [5.41, 5.74) is -3.90. The maximum atomic E-state index is 12.2. The first kappa shape index (κ1) is 15.2. The largest absolute Gasteiger partial charge is 0.446 e. The molecule has 0 radical (unpaired) electrons. The summed E-state index contributed by atoms with van der Waals surface area (Å²) < 4.78 is 36.6. The number of hydrogen-bond acceptors (Lipinski definition) is 2. The van der Waals surface area contributed by atoms with Gasteiger partial charge in [0.25, 0.3) is 5.91 Å². The summed E-state index contributed by atoms with van der Waals surface area (Å²) in [4.78, 5) is 12.1. The molecule has 0 spiro atoms. The summed E-state index contributed by atoms with van der Waals surface area (Å²) in [6, 6.07) is 5.72. The SMILES string of the molecule is O=C(NC1CCCCC1)c1ccc(SC(F)(F)F)cc1. The molecule has 1 amide bonds. The molecule has 6 heteroatoms. The lowest BCUT2D eigenvalue weighted by Gasteiger charge is -2.22. The Kier molecular flexibility index (Phi) is 4.96. The maximum absolute atomic E-state index is 12.2. The first-order valence-electron chi connectivity index (χ1n) is 6.61. The van der Waals surface area contributed by atoms with Crippen LogP contribution in [0.1, 0.15) is 42.5 Å². The monoisotopic (exact) mass is 303 g/mol. The number of carbonyl (C=O) groups excluding carboxylic acids is 1. The Labute approximate surface area is 120 Å². The van der Waals surface area contributed by atoms with E-state index in [1.807, 2.05) is 0 Å². The highest BCUT2D eigenvalue weighted by Gasteiger charge is 2.29. The van der Waals surface area contributed by atoms with E-state index in [4.69, 9.17) is 0 Å². The second-order valence-electron chi connectivity index (χ2n) is 4.88. The minimum absolute atomic E-state index is 0.0896. The van der Waals surface area contributed by atoms with Gasteiger partial charge in [0.15, 0.2) is 0 Å². The maximum Gasteiger partial charge on any atom is 0.446 e. The van der Waals surface area contributed by atoms with Crippen molar-refractivity contribution in [1.82, 2.24) is 5.32 Å². The quantitative estimate of drug-likeness (QED) is 0.841. The van der Waals surface area contributed by atoms with Crippen LogP contribution in [0.25, 0.3) is 0 Å². The Morgan fingerprint density at radius 3 is 2.25 bits per heavy atom. The topological polar surface area (TPSA) is 29.1 Å². The van der Waals surface area contributed by atoms with E-state index >= 15 is 0 Å². The molecule has 0 bridgehead atoms. The van der Waals surface area contributed by atoms with E-state index in [1.165, 1.54) is 30.7 Å². The Bertz CT molecular complexity index is 452. The Morgan fingerprint density at radius 1 is 1.10 bits per heavy atom. The summed E-state index contributed by atoms with van der Waals surface area (Å²) in [6.07, 6.45) is 5.40. The van der Waals surface area contributed by atoms with Crippen molar-refractivity contribution in [3.63, 3.8) is 0 Å². The fourth-order valence-corrected chi connectivity index (χ4v) is 2.86. The minimum atomic E-state index is -4.30. The van der Waals surface area contributed by atoms with Gasteiger partial charge < -0.3 is 5.32 Å². The van der Waals surface area contributed by atoms with Gasteiger partial charge in [-0.2, -0.15) is 13.2 Å². The number of hydrogen-bond donors (Lipinski definition) is 1. The number of benzene rings is 1. The Balaban J connectivity index is 1.93. The van der Waals surface area contributed by atoms with Crippen LogP contribution in [-0.2, 0) is 0 Å². The number of amides is 1. The van der Waals surface area contributed by atoms with Gasteiger partial charge in [-0.3, -0.25) is 4.79 Å². The van der Waals surface area contributed by atoms with Gasteiger partial charge in [-0.05, 0) is 48.9 Å². The molecule has 2 nitrogen and oxygen atoms in total. The molecule has 0 aliphatic heterocycles. The van der Waals surface area contributed by atoms with Crippen molar-refractivity contribution in [3.8, 4) is 0 Å². The minimum Gasteiger partial charge on any atom is -0.349 e. The number of rotatable bonds is 3. The van der Waals surface area contributed by atoms with E-state index in [2.05, 4.69) is 5.32 Å². The summed E-state index contributed by atoms with van der Waals surface area (Å²) in [5, 5.41) is 2.93. The van der Waals surface area contributed by atoms with E-state index < -0.39 is 5.51 Å². The number of halogens is 3. The van der Waals surface area contributed by atoms with Gasteiger partial charge in [0, 0.05) is 16.5 Å². The molecule has 0 heterocycles. The molecule has 0 atom stereocenters. The van der Waals surface area contributed by atoms with Crippen molar-refractivity contribution < 1.29 is 18.0 Å². The molecule has 20 heavy (non-hydrogen) atoms. The summed E-state index contributed by atoms with van der Waals surface area (Å²) in [5.74, 6) is -0.208. The predicted octanol–water partition coefficient (Wildman–Crippen LogP) is 4.36. The van der Waals surface area contributed by atoms with Gasteiger partial charge in [0.2, 0.25) is 0 Å². The lowest BCUT2D eigenvalue weighted by molar-refractivity contribution is -0.0328. The first-order chi connectivity index (χ1) is 9.44. The van der Waals surface area contributed by atoms with E-state index in [0.29, 0.717) is 5.56 Å². The van der Waals surface area contributed by atoms with Crippen molar-refractivity contribution in [2.45, 2.75) is 48.5 Å². The highest BCUT2D eigenvalue weighted by molar-refractivity contribution is 8.00. The molecular weight excluding hydrogens is 287 g/mol. The van der Waals surface area contributed by atoms with Crippen LogP contribution in [0.15, 0.2) is 29.2 Å². The predicted molar refractivity (Wildman–Crippen MR) is 72.7 cm³/mol. The average molecular weight is 303 g/mol. The zero-order valence-corrected chi connectivity index (χ0v) is 11.7. The lowest BCUT2D eigenvalue weighted by Crippen LogP contribution is -2.36. The summed E-state index contributed by atoms with van der Waals surface area (Å²) in [7, 11) is 0. The van der Waals surface area contributed by atoms with Crippen LogP contribution in [0.5, 0.6) is 0 Å². The van der Waals surface area contributed by atoms with Crippen molar-refractivity contribution in [1.29, 1.82) is 0 Å². The van der Waals surface area contributed by atoms with Crippen LogP contribution in [0.3, 0.4) is 0 Å². The third-order valence-electron chi connectivity index (χ3n) is 3.29. The van der Waals surface area contributed by atoms with Gasteiger partial charge in [0.1, 0.15) is 0 Å². The number of alkyl halides is 3. The van der Waals surface area contributed by atoms with Crippen molar-refractivity contribution in [3.05, 3.63) is 29.8 Å². The fraction of sp³-hybridized carbons (Fsp3) is 0.500. The zero-order chi connectivity index (χ0) is 14.6. The van der Waals surface area contributed by atoms with Gasteiger partial charge >= 0.3 is 5.51 Å².